The highest BCUT2D eigenvalue weighted by molar-refractivity contribution is 9.10. The SMILES string of the molecule is COC(C)(C)C(=O)Nc1ccc(Br)cc1C#N. The van der Waals surface area contributed by atoms with E-state index in [4.69, 9.17) is 10.00 Å². The van der Waals surface area contributed by atoms with Crippen LogP contribution in [0, 0.1) is 11.3 Å². The average Bonchev–Trinajstić information content (AvgIpc) is 2.31. The predicted molar refractivity (Wildman–Crippen MR) is 68.6 cm³/mol. The number of nitriles is 1. The van der Waals surface area contributed by atoms with Crippen LogP contribution < -0.4 is 5.32 Å². The molecule has 4 nitrogen and oxygen atoms in total. The van der Waals surface area contributed by atoms with Crippen molar-refractivity contribution in [2.75, 3.05) is 12.4 Å². The molecule has 0 bridgehead atoms. The van der Waals surface area contributed by atoms with E-state index in [1.54, 1.807) is 32.0 Å². The van der Waals surface area contributed by atoms with Gasteiger partial charge in [0.25, 0.3) is 5.91 Å². The molecule has 1 aromatic rings. The van der Waals surface area contributed by atoms with Crippen LogP contribution in [0.5, 0.6) is 0 Å². The van der Waals surface area contributed by atoms with Crippen molar-refractivity contribution in [2.45, 2.75) is 19.4 Å². The van der Waals surface area contributed by atoms with Crippen LogP contribution in [0.3, 0.4) is 0 Å². The van der Waals surface area contributed by atoms with Crippen molar-refractivity contribution in [1.82, 2.24) is 0 Å². The summed E-state index contributed by atoms with van der Waals surface area (Å²) < 4.78 is 5.85. The lowest BCUT2D eigenvalue weighted by Crippen LogP contribution is -2.38. The van der Waals surface area contributed by atoms with Crippen molar-refractivity contribution in [3.63, 3.8) is 0 Å². The Kier molecular flexibility index (Phi) is 4.27. The van der Waals surface area contributed by atoms with Crippen molar-refractivity contribution in [3.05, 3.63) is 28.2 Å². The number of anilines is 1. The van der Waals surface area contributed by atoms with Crippen molar-refractivity contribution >= 4 is 27.5 Å². The molecule has 1 amide bonds. The number of amides is 1. The monoisotopic (exact) mass is 296 g/mol. The number of carbonyl (C=O) groups is 1. The summed E-state index contributed by atoms with van der Waals surface area (Å²) in [7, 11) is 1.46. The fourth-order valence-electron chi connectivity index (χ4n) is 1.08. The van der Waals surface area contributed by atoms with Gasteiger partial charge in [0.2, 0.25) is 0 Å². The van der Waals surface area contributed by atoms with Crippen molar-refractivity contribution in [3.8, 4) is 6.07 Å². The van der Waals surface area contributed by atoms with Crippen LogP contribution in [-0.4, -0.2) is 18.6 Å². The maximum absolute atomic E-state index is 11.9. The van der Waals surface area contributed by atoms with Gasteiger partial charge >= 0.3 is 0 Å². The number of benzene rings is 1. The van der Waals surface area contributed by atoms with Crippen LogP contribution in [-0.2, 0) is 9.53 Å². The second-order valence-corrected chi connectivity index (χ2v) is 4.89. The molecule has 0 fully saturated rings. The molecule has 1 rings (SSSR count). The third-order valence-corrected chi connectivity index (χ3v) is 2.90. The van der Waals surface area contributed by atoms with E-state index < -0.39 is 5.60 Å². The Morgan fingerprint density at radius 3 is 2.71 bits per heavy atom. The Balaban J connectivity index is 2.97. The lowest BCUT2D eigenvalue weighted by molar-refractivity contribution is -0.133. The van der Waals surface area contributed by atoms with E-state index in [-0.39, 0.29) is 5.91 Å². The summed E-state index contributed by atoms with van der Waals surface area (Å²) in [6.07, 6.45) is 0. The van der Waals surface area contributed by atoms with Gasteiger partial charge in [0, 0.05) is 11.6 Å². The molecule has 5 heteroatoms. The highest BCUT2D eigenvalue weighted by Crippen LogP contribution is 2.21. The molecule has 0 radical (unpaired) electrons. The Hall–Kier alpha value is -1.38. The van der Waals surface area contributed by atoms with Crippen molar-refractivity contribution < 1.29 is 9.53 Å². The minimum atomic E-state index is -0.931. The summed E-state index contributed by atoms with van der Waals surface area (Å²) in [5.41, 5.74) is -0.0507. The molecule has 0 saturated carbocycles. The first-order valence-corrected chi connectivity index (χ1v) is 5.76. The van der Waals surface area contributed by atoms with Gasteiger partial charge < -0.3 is 10.1 Å². The molecule has 0 aliphatic rings. The van der Waals surface area contributed by atoms with Crippen LogP contribution in [0.25, 0.3) is 0 Å². The zero-order chi connectivity index (χ0) is 13.1. The van der Waals surface area contributed by atoms with E-state index in [1.165, 1.54) is 7.11 Å². The van der Waals surface area contributed by atoms with E-state index in [0.29, 0.717) is 11.3 Å². The van der Waals surface area contributed by atoms with Gasteiger partial charge in [-0.25, -0.2) is 0 Å². The van der Waals surface area contributed by atoms with Gasteiger partial charge in [-0.3, -0.25) is 4.79 Å². The molecule has 0 saturated heterocycles. The van der Waals surface area contributed by atoms with Gasteiger partial charge in [0.1, 0.15) is 11.7 Å². The predicted octanol–water partition coefficient (Wildman–Crippen LogP) is 2.68. The Morgan fingerprint density at radius 2 is 2.18 bits per heavy atom. The minimum Gasteiger partial charge on any atom is -0.369 e. The van der Waals surface area contributed by atoms with Gasteiger partial charge in [-0.1, -0.05) is 15.9 Å². The molecule has 0 aliphatic heterocycles. The fourth-order valence-corrected chi connectivity index (χ4v) is 1.44. The molecular formula is C12H13BrN2O2. The first-order valence-electron chi connectivity index (χ1n) is 4.97. The number of carbonyl (C=O) groups excluding carboxylic acids is 1. The van der Waals surface area contributed by atoms with E-state index >= 15 is 0 Å². The number of methoxy groups -OCH3 is 1. The van der Waals surface area contributed by atoms with Crippen LogP contribution in [0.1, 0.15) is 19.4 Å². The van der Waals surface area contributed by atoms with E-state index in [2.05, 4.69) is 21.2 Å². The van der Waals surface area contributed by atoms with Gasteiger partial charge in [-0.2, -0.15) is 5.26 Å². The van der Waals surface area contributed by atoms with Crippen LogP contribution in [0.15, 0.2) is 22.7 Å². The second kappa shape index (κ2) is 5.30. The summed E-state index contributed by atoms with van der Waals surface area (Å²) in [4.78, 5) is 11.9. The van der Waals surface area contributed by atoms with E-state index in [0.717, 1.165) is 4.47 Å². The van der Waals surface area contributed by atoms with Crippen molar-refractivity contribution in [2.24, 2.45) is 0 Å². The zero-order valence-corrected chi connectivity index (χ0v) is 11.5. The quantitative estimate of drug-likeness (QED) is 0.933. The molecule has 0 atom stereocenters. The largest absolute Gasteiger partial charge is 0.369 e. The van der Waals surface area contributed by atoms with Gasteiger partial charge in [0.05, 0.1) is 11.3 Å². The lowest BCUT2D eigenvalue weighted by Gasteiger charge is -2.22. The maximum atomic E-state index is 11.9. The summed E-state index contributed by atoms with van der Waals surface area (Å²) in [5.74, 6) is -0.293. The Labute approximate surface area is 109 Å². The molecule has 1 aromatic carbocycles. The maximum Gasteiger partial charge on any atom is 0.256 e. The molecule has 90 valence electrons. The second-order valence-electron chi connectivity index (χ2n) is 3.97. The number of hydrogen-bond acceptors (Lipinski definition) is 3. The average molecular weight is 297 g/mol. The van der Waals surface area contributed by atoms with Gasteiger partial charge in [-0.05, 0) is 32.0 Å². The molecule has 0 heterocycles. The van der Waals surface area contributed by atoms with Crippen LogP contribution in [0.2, 0.25) is 0 Å². The Morgan fingerprint density at radius 1 is 1.53 bits per heavy atom. The summed E-state index contributed by atoms with van der Waals surface area (Å²) in [5, 5.41) is 11.6. The topological polar surface area (TPSA) is 62.1 Å². The molecule has 0 spiro atoms. The van der Waals surface area contributed by atoms with Gasteiger partial charge in [0.15, 0.2) is 0 Å². The standard InChI is InChI=1S/C12H13BrN2O2/c1-12(2,17-3)11(16)15-10-5-4-9(13)6-8(10)7-14/h4-6H,1-3H3,(H,15,16). The zero-order valence-electron chi connectivity index (χ0n) is 9.87. The number of rotatable bonds is 3. The summed E-state index contributed by atoms with van der Waals surface area (Å²) in [6.45, 7) is 3.32. The first-order chi connectivity index (χ1) is 7.90. The number of nitrogens with zero attached hydrogens (tertiary/aromatic N) is 1. The summed E-state index contributed by atoms with van der Waals surface area (Å²) >= 11 is 3.27. The Bertz CT molecular complexity index is 478. The molecule has 17 heavy (non-hydrogen) atoms. The third-order valence-electron chi connectivity index (χ3n) is 2.41. The molecular weight excluding hydrogens is 284 g/mol. The number of ether oxygens (including phenoxy) is 1. The molecule has 1 N–H and O–H groups in total. The normalized spacial score (nSPS) is 10.8. The van der Waals surface area contributed by atoms with Crippen LogP contribution >= 0.6 is 15.9 Å². The van der Waals surface area contributed by atoms with Crippen molar-refractivity contribution in [1.29, 1.82) is 5.26 Å². The molecule has 0 aliphatic carbocycles. The molecule has 0 unspecified atom stereocenters. The number of halogens is 1. The molecule has 0 aromatic heterocycles. The van der Waals surface area contributed by atoms with Gasteiger partial charge in [-0.15, -0.1) is 0 Å². The van der Waals surface area contributed by atoms with Crippen LogP contribution in [0.4, 0.5) is 5.69 Å². The first kappa shape index (κ1) is 13.7. The highest BCUT2D eigenvalue weighted by Gasteiger charge is 2.27. The highest BCUT2D eigenvalue weighted by atomic mass is 79.9. The fraction of sp³-hybridized carbons (Fsp3) is 0.333. The van der Waals surface area contributed by atoms with E-state index in [1.807, 2.05) is 6.07 Å². The number of hydrogen-bond donors (Lipinski definition) is 1. The van der Waals surface area contributed by atoms with E-state index in [9.17, 15) is 4.79 Å². The minimum absolute atomic E-state index is 0.293. The number of nitrogens with one attached hydrogen (secondary N) is 1. The summed E-state index contributed by atoms with van der Waals surface area (Å²) in [6, 6.07) is 7.11. The smallest absolute Gasteiger partial charge is 0.256 e. The lowest BCUT2D eigenvalue weighted by atomic mass is 10.1. The third kappa shape index (κ3) is 3.29.